The van der Waals surface area contributed by atoms with Crippen molar-refractivity contribution in [1.29, 1.82) is 0 Å². The molecule has 0 radical (unpaired) electrons. The lowest BCUT2D eigenvalue weighted by atomic mass is 10.1. The maximum Gasteiger partial charge on any atom is 0.435 e. The lowest BCUT2D eigenvalue weighted by molar-refractivity contribution is -0.146. The number of carbonyl (C=O) groups excluding carboxylic acids is 2. The van der Waals surface area contributed by atoms with E-state index in [1.165, 1.54) is 0 Å². The minimum Gasteiger partial charge on any atom is -0.479 e. The zero-order valence-corrected chi connectivity index (χ0v) is 16.8. The van der Waals surface area contributed by atoms with Gasteiger partial charge in [-0.25, -0.2) is 14.4 Å². The molecule has 0 unspecified atom stereocenters. The van der Waals surface area contributed by atoms with Crippen molar-refractivity contribution in [3.8, 4) is 0 Å². The van der Waals surface area contributed by atoms with E-state index in [0.717, 1.165) is 11.1 Å². The number of aliphatic hydroxyl groups is 1. The molecule has 9 nitrogen and oxygen atoms in total. The second-order valence-electron chi connectivity index (χ2n) is 6.53. The Morgan fingerprint density at radius 1 is 0.903 bits per heavy atom. The van der Waals surface area contributed by atoms with Crippen LogP contribution in [-0.2, 0) is 27.5 Å². The van der Waals surface area contributed by atoms with Gasteiger partial charge in [0.1, 0.15) is 19.0 Å². The highest BCUT2D eigenvalue weighted by molar-refractivity contribution is 6.00. The highest BCUT2D eigenvalue weighted by Crippen LogP contribution is 2.06. The summed E-state index contributed by atoms with van der Waals surface area (Å²) < 4.78 is 10.2. The summed E-state index contributed by atoms with van der Waals surface area (Å²) in [5, 5.41) is 20.5. The first kappa shape index (κ1) is 23.6. The molecular weight excluding hydrogens is 404 g/mol. The number of amidine groups is 1. The topological polar surface area (TPSA) is 135 Å². The monoisotopic (exact) mass is 428 g/mol. The Hall–Kier alpha value is -3.72. The zero-order valence-electron chi connectivity index (χ0n) is 16.8. The van der Waals surface area contributed by atoms with E-state index >= 15 is 0 Å². The maximum absolute atomic E-state index is 12.1. The number of nitrogens with zero attached hydrogens (tertiary/aromatic N) is 1. The van der Waals surface area contributed by atoms with Crippen LogP contribution >= 0.6 is 0 Å². The van der Waals surface area contributed by atoms with E-state index in [-0.39, 0.29) is 38.3 Å². The Balaban J connectivity index is 1.93. The number of rotatable bonds is 9. The minimum atomic E-state index is -1.55. The van der Waals surface area contributed by atoms with Crippen molar-refractivity contribution >= 4 is 24.0 Å². The smallest absolute Gasteiger partial charge is 0.435 e. The summed E-state index contributed by atoms with van der Waals surface area (Å²) in [6.07, 6.45) is -3.16. The Labute approximate surface area is 179 Å². The first-order chi connectivity index (χ1) is 14.9. The summed E-state index contributed by atoms with van der Waals surface area (Å²) in [5.74, 6) is -1.40. The third-order valence-electron chi connectivity index (χ3n) is 4.07. The third kappa shape index (κ3) is 9.55. The molecule has 31 heavy (non-hydrogen) atoms. The lowest BCUT2D eigenvalue weighted by Crippen LogP contribution is -2.32. The molecule has 0 bridgehead atoms. The number of carbonyl (C=O) groups is 3. The summed E-state index contributed by atoms with van der Waals surface area (Å²) in [6, 6.07) is 18.0. The molecule has 164 valence electrons. The van der Waals surface area contributed by atoms with Crippen molar-refractivity contribution < 1.29 is 34.1 Å². The molecule has 0 aliphatic carbocycles. The summed E-state index contributed by atoms with van der Waals surface area (Å²) >= 11 is 0. The van der Waals surface area contributed by atoms with E-state index < -0.39 is 24.3 Å². The molecule has 0 heterocycles. The number of ether oxygens (including phenoxy) is 2. The standard InChI is InChI=1S/C22H24N2O7/c25-18(20(26)27)12-7-13-19(23-21(28)30-14-16-8-3-1-4-9-16)24-22(29)31-15-17-10-5-2-6-11-17/h1-6,8-11,18,25H,7,12-15H2,(H,26,27)(H,23,24,28,29)/t18-/m0/s1. The predicted octanol–water partition coefficient (Wildman–Crippen LogP) is 3.26. The molecule has 0 fully saturated rings. The number of nitrogens with one attached hydrogen (secondary N) is 1. The molecule has 3 N–H and O–H groups in total. The Kier molecular flexibility index (Phi) is 9.70. The van der Waals surface area contributed by atoms with Crippen LogP contribution < -0.4 is 5.32 Å². The molecular formula is C22H24N2O7. The van der Waals surface area contributed by atoms with Gasteiger partial charge in [0.05, 0.1) is 0 Å². The normalized spacial score (nSPS) is 12.0. The SMILES string of the molecule is O=C(N=C(CCC[C@H](O)C(=O)O)NC(=O)OCc1ccccc1)OCc1ccccc1. The number of alkyl carbamates (subject to hydrolysis) is 1. The fourth-order valence-electron chi connectivity index (χ4n) is 2.47. The molecule has 0 aromatic heterocycles. The molecule has 2 aromatic carbocycles. The molecule has 0 spiro atoms. The fourth-order valence-corrected chi connectivity index (χ4v) is 2.47. The van der Waals surface area contributed by atoms with Crippen molar-refractivity contribution in [2.75, 3.05) is 0 Å². The number of hydrogen-bond donors (Lipinski definition) is 3. The first-order valence-electron chi connectivity index (χ1n) is 9.61. The number of aliphatic imine (C=N–C) groups is 1. The average Bonchev–Trinajstić information content (AvgIpc) is 2.77. The summed E-state index contributed by atoms with van der Waals surface area (Å²) in [7, 11) is 0. The van der Waals surface area contributed by atoms with Gasteiger partial charge >= 0.3 is 18.2 Å². The van der Waals surface area contributed by atoms with Gasteiger partial charge in [-0.05, 0) is 24.0 Å². The van der Waals surface area contributed by atoms with Crippen LogP contribution in [0.15, 0.2) is 65.7 Å². The molecule has 2 rings (SSSR count). The number of amides is 2. The van der Waals surface area contributed by atoms with Gasteiger partial charge in [-0.15, -0.1) is 0 Å². The van der Waals surface area contributed by atoms with Gasteiger partial charge in [0, 0.05) is 6.42 Å². The second-order valence-corrected chi connectivity index (χ2v) is 6.53. The zero-order chi connectivity index (χ0) is 22.5. The summed E-state index contributed by atoms with van der Waals surface area (Å²) in [6.45, 7) is 0.0305. The van der Waals surface area contributed by atoms with E-state index in [9.17, 15) is 19.5 Å². The average molecular weight is 428 g/mol. The molecule has 0 saturated heterocycles. The molecule has 2 amide bonds. The highest BCUT2D eigenvalue weighted by atomic mass is 16.6. The Morgan fingerprint density at radius 2 is 1.45 bits per heavy atom. The van der Waals surface area contributed by atoms with Gasteiger partial charge in [0.15, 0.2) is 6.10 Å². The number of aliphatic hydroxyl groups excluding tert-OH is 1. The van der Waals surface area contributed by atoms with Crippen molar-refractivity contribution in [3.05, 3.63) is 71.8 Å². The fraction of sp³-hybridized carbons (Fsp3) is 0.273. The summed E-state index contributed by atoms with van der Waals surface area (Å²) in [4.78, 5) is 38.6. The van der Waals surface area contributed by atoms with Gasteiger partial charge < -0.3 is 19.7 Å². The first-order valence-corrected chi connectivity index (χ1v) is 9.61. The molecule has 0 aliphatic heterocycles. The quantitative estimate of drug-likeness (QED) is 0.412. The van der Waals surface area contributed by atoms with Gasteiger partial charge in [0.2, 0.25) is 0 Å². The van der Waals surface area contributed by atoms with Crippen LogP contribution in [0.2, 0.25) is 0 Å². The Morgan fingerprint density at radius 3 is 2.00 bits per heavy atom. The number of carboxylic acids is 1. The van der Waals surface area contributed by atoms with Gasteiger partial charge in [-0.3, -0.25) is 5.32 Å². The van der Waals surface area contributed by atoms with E-state index in [0.29, 0.717) is 0 Å². The molecule has 9 heteroatoms. The van der Waals surface area contributed by atoms with E-state index in [1.807, 2.05) is 12.1 Å². The Bertz CT molecular complexity index is 885. The molecule has 0 aliphatic rings. The number of benzene rings is 2. The second kappa shape index (κ2) is 12.8. The van der Waals surface area contributed by atoms with E-state index in [1.54, 1.807) is 48.5 Å². The molecule has 1 atom stereocenters. The van der Waals surface area contributed by atoms with Crippen LogP contribution in [0.3, 0.4) is 0 Å². The van der Waals surface area contributed by atoms with Crippen LogP contribution in [0.1, 0.15) is 30.4 Å². The van der Waals surface area contributed by atoms with Crippen LogP contribution in [0.25, 0.3) is 0 Å². The van der Waals surface area contributed by atoms with E-state index in [2.05, 4.69) is 10.3 Å². The number of carboxylic acid groups (broad SMARTS) is 1. The van der Waals surface area contributed by atoms with Crippen LogP contribution in [0.5, 0.6) is 0 Å². The van der Waals surface area contributed by atoms with Crippen LogP contribution in [0.4, 0.5) is 9.59 Å². The van der Waals surface area contributed by atoms with Crippen LogP contribution in [-0.4, -0.2) is 40.3 Å². The predicted molar refractivity (Wildman–Crippen MR) is 111 cm³/mol. The lowest BCUT2D eigenvalue weighted by Gasteiger charge is -2.11. The highest BCUT2D eigenvalue weighted by Gasteiger charge is 2.15. The van der Waals surface area contributed by atoms with Crippen molar-refractivity contribution in [3.63, 3.8) is 0 Å². The summed E-state index contributed by atoms with van der Waals surface area (Å²) in [5.41, 5.74) is 1.55. The molecule has 0 saturated carbocycles. The third-order valence-corrected chi connectivity index (χ3v) is 4.07. The van der Waals surface area contributed by atoms with Crippen molar-refractivity contribution in [2.45, 2.75) is 38.6 Å². The van der Waals surface area contributed by atoms with Gasteiger partial charge in [-0.1, -0.05) is 60.7 Å². The van der Waals surface area contributed by atoms with Gasteiger partial charge in [0.25, 0.3) is 0 Å². The maximum atomic E-state index is 12.1. The number of hydrogen-bond acceptors (Lipinski definition) is 6. The number of aliphatic carboxylic acids is 1. The van der Waals surface area contributed by atoms with Gasteiger partial charge in [-0.2, -0.15) is 4.99 Å². The van der Waals surface area contributed by atoms with Crippen molar-refractivity contribution in [1.82, 2.24) is 5.32 Å². The molecule has 2 aromatic rings. The van der Waals surface area contributed by atoms with E-state index in [4.69, 9.17) is 14.6 Å². The largest absolute Gasteiger partial charge is 0.479 e. The van der Waals surface area contributed by atoms with Crippen LogP contribution in [0, 0.1) is 0 Å². The van der Waals surface area contributed by atoms with Crippen molar-refractivity contribution in [2.24, 2.45) is 4.99 Å². The minimum absolute atomic E-state index is 0.00658.